The third-order valence-electron chi connectivity index (χ3n) is 3.09. The molecule has 0 saturated heterocycles. The first-order valence-corrected chi connectivity index (χ1v) is 6.10. The molecule has 1 aliphatic heterocycles. The number of nitrogens with zero attached hydrogens (tertiary/aromatic N) is 4. The number of hydrogen-bond donors (Lipinski definition) is 1. The summed E-state index contributed by atoms with van der Waals surface area (Å²) in [6, 6.07) is -0.0210. The lowest BCUT2D eigenvalue weighted by Gasteiger charge is -2.28. The zero-order chi connectivity index (χ0) is 12.3. The number of fused-ring (bicyclic) bond motifs is 1. The number of carbonyl (C=O) groups excluding carboxylic acids is 1. The van der Waals surface area contributed by atoms with Gasteiger partial charge >= 0.3 is 0 Å². The molecule has 0 spiro atoms. The summed E-state index contributed by atoms with van der Waals surface area (Å²) in [4.78, 5) is 13.8. The lowest BCUT2D eigenvalue weighted by molar-refractivity contribution is -0.133. The van der Waals surface area contributed by atoms with E-state index < -0.39 is 0 Å². The normalized spacial score (nSPS) is 16.7. The van der Waals surface area contributed by atoms with Gasteiger partial charge in [-0.25, -0.2) is 0 Å². The molecule has 6 heteroatoms. The van der Waals surface area contributed by atoms with E-state index in [1.807, 2.05) is 9.47 Å². The largest absolute Gasteiger partial charge is 0.333 e. The third-order valence-corrected chi connectivity index (χ3v) is 3.09. The number of nitrogens with two attached hydrogens (primary N) is 1. The Kier molecular flexibility index (Phi) is 3.73. The van der Waals surface area contributed by atoms with E-state index in [0.29, 0.717) is 13.0 Å². The van der Waals surface area contributed by atoms with Crippen molar-refractivity contribution >= 4 is 5.91 Å². The first kappa shape index (κ1) is 12.0. The second-order valence-electron chi connectivity index (χ2n) is 4.51. The van der Waals surface area contributed by atoms with Gasteiger partial charge in [-0.05, 0) is 6.42 Å². The van der Waals surface area contributed by atoms with Gasteiger partial charge in [-0.15, -0.1) is 10.2 Å². The minimum absolute atomic E-state index is 0.0210. The number of rotatable bonds is 4. The average molecular weight is 237 g/mol. The first-order valence-electron chi connectivity index (χ1n) is 6.10. The molecule has 0 bridgehead atoms. The van der Waals surface area contributed by atoms with Crippen LogP contribution < -0.4 is 5.73 Å². The fraction of sp³-hybridized carbons (Fsp3) is 0.727. The Morgan fingerprint density at radius 3 is 3.18 bits per heavy atom. The average Bonchev–Trinajstić information content (AvgIpc) is 2.75. The van der Waals surface area contributed by atoms with E-state index in [0.717, 1.165) is 31.8 Å². The van der Waals surface area contributed by atoms with Gasteiger partial charge < -0.3 is 15.2 Å². The van der Waals surface area contributed by atoms with Crippen molar-refractivity contribution in [3.63, 3.8) is 0 Å². The van der Waals surface area contributed by atoms with Crippen LogP contribution in [0.4, 0.5) is 0 Å². The van der Waals surface area contributed by atoms with Crippen LogP contribution in [0.25, 0.3) is 0 Å². The van der Waals surface area contributed by atoms with Gasteiger partial charge in [0.25, 0.3) is 0 Å². The predicted molar refractivity (Wildman–Crippen MR) is 62.9 cm³/mol. The van der Waals surface area contributed by atoms with Crippen molar-refractivity contribution in [1.29, 1.82) is 0 Å². The number of amides is 1. The Morgan fingerprint density at radius 2 is 2.41 bits per heavy atom. The SMILES string of the molecule is CCCC(N)CC(=O)N1CCn2cnnc2C1. The summed E-state index contributed by atoms with van der Waals surface area (Å²) in [6.07, 6.45) is 4.06. The van der Waals surface area contributed by atoms with Crippen LogP contribution in [0, 0.1) is 0 Å². The third kappa shape index (κ3) is 2.82. The molecule has 0 aromatic carbocycles. The number of carbonyl (C=O) groups is 1. The molecule has 0 aliphatic carbocycles. The predicted octanol–water partition coefficient (Wildman–Crippen LogP) is 0.138. The number of aromatic nitrogens is 3. The monoisotopic (exact) mass is 237 g/mol. The van der Waals surface area contributed by atoms with E-state index in [2.05, 4.69) is 17.1 Å². The molecule has 0 saturated carbocycles. The lowest BCUT2D eigenvalue weighted by atomic mass is 10.1. The maximum Gasteiger partial charge on any atom is 0.224 e. The fourth-order valence-corrected chi connectivity index (χ4v) is 2.11. The highest BCUT2D eigenvalue weighted by molar-refractivity contribution is 5.76. The molecule has 2 heterocycles. The minimum Gasteiger partial charge on any atom is -0.333 e. The highest BCUT2D eigenvalue weighted by Crippen LogP contribution is 2.11. The molecular formula is C11H19N5O. The molecule has 17 heavy (non-hydrogen) atoms. The van der Waals surface area contributed by atoms with E-state index in [4.69, 9.17) is 5.73 Å². The maximum absolute atomic E-state index is 12.0. The van der Waals surface area contributed by atoms with Gasteiger partial charge in [0.05, 0.1) is 6.54 Å². The summed E-state index contributed by atoms with van der Waals surface area (Å²) in [5.74, 6) is 0.980. The molecule has 94 valence electrons. The highest BCUT2D eigenvalue weighted by Gasteiger charge is 2.22. The Balaban J connectivity index is 1.90. The van der Waals surface area contributed by atoms with Crippen molar-refractivity contribution in [2.45, 2.75) is 45.3 Å². The standard InChI is InChI=1S/C11H19N5O/c1-2-3-9(12)6-11(17)15-4-5-16-8-13-14-10(16)7-15/h8-9H,2-7,12H2,1H3. The van der Waals surface area contributed by atoms with Crippen LogP contribution in [0.5, 0.6) is 0 Å². The Bertz CT molecular complexity index is 389. The van der Waals surface area contributed by atoms with Crippen LogP contribution >= 0.6 is 0 Å². The maximum atomic E-state index is 12.0. The van der Waals surface area contributed by atoms with Crippen molar-refractivity contribution in [2.24, 2.45) is 5.73 Å². The van der Waals surface area contributed by atoms with E-state index >= 15 is 0 Å². The molecule has 1 aromatic rings. The lowest BCUT2D eigenvalue weighted by Crippen LogP contribution is -2.40. The second kappa shape index (κ2) is 5.27. The van der Waals surface area contributed by atoms with Crippen LogP contribution in [-0.4, -0.2) is 38.2 Å². The Morgan fingerprint density at radius 1 is 1.59 bits per heavy atom. The molecular weight excluding hydrogens is 218 g/mol. The van der Waals surface area contributed by atoms with Gasteiger partial charge in [-0.2, -0.15) is 0 Å². The summed E-state index contributed by atoms with van der Waals surface area (Å²) >= 11 is 0. The number of hydrogen-bond acceptors (Lipinski definition) is 4. The summed E-state index contributed by atoms with van der Waals surface area (Å²) in [5.41, 5.74) is 5.89. The molecule has 1 aromatic heterocycles. The molecule has 6 nitrogen and oxygen atoms in total. The summed E-state index contributed by atoms with van der Waals surface area (Å²) in [6.45, 7) is 4.13. The van der Waals surface area contributed by atoms with Gasteiger partial charge in [-0.1, -0.05) is 13.3 Å². The summed E-state index contributed by atoms with van der Waals surface area (Å²) in [7, 11) is 0. The molecule has 0 fully saturated rings. The summed E-state index contributed by atoms with van der Waals surface area (Å²) in [5, 5.41) is 7.83. The molecule has 0 radical (unpaired) electrons. The topological polar surface area (TPSA) is 77.0 Å². The first-order chi connectivity index (χ1) is 8.20. The van der Waals surface area contributed by atoms with Crippen molar-refractivity contribution < 1.29 is 4.79 Å². The van der Waals surface area contributed by atoms with Gasteiger partial charge in [-0.3, -0.25) is 4.79 Å². The van der Waals surface area contributed by atoms with Crippen LogP contribution in [0.1, 0.15) is 32.0 Å². The van der Waals surface area contributed by atoms with E-state index in [1.165, 1.54) is 0 Å². The van der Waals surface area contributed by atoms with Gasteiger partial charge in [0.1, 0.15) is 6.33 Å². The molecule has 1 amide bonds. The van der Waals surface area contributed by atoms with Crippen LogP contribution in [-0.2, 0) is 17.9 Å². The van der Waals surface area contributed by atoms with Crippen LogP contribution in [0.2, 0.25) is 0 Å². The van der Waals surface area contributed by atoms with E-state index in [-0.39, 0.29) is 11.9 Å². The van der Waals surface area contributed by atoms with Crippen molar-refractivity contribution in [3.05, 3.63) is 12.2 Å². The Labute approximate surface area is 101 Å². The molecule has 1 aliphatic rings. The fourth-order valence-electron chi connectivity index (χ4n) is 2.11. The van der Waals surface area contributed by atoms with Gasteiger partial charge in [0.15, 0.2) is 5.82 Å². The van der Waals surface area contributed by atoms with Gasteiger partial charge in [0, 0.05) is 25.6 Å². The van der Waals surface area contributed by atoms with Crippen LogP contribution in [0.3, 0.4) is 0 Å². The highest BCUT2D eigenvalue weighted by atomic mass is 16.2. The van der Waals surface area contributed by atoms with Crippen molar-refractivity contribution in [3.8, 4) is 0 Å². The van der Waals surface area contributed by atoms with Crippen molar-refractivity contribution in [1.82, 2.24) is 19.7 Å². The minimum atomic E-state index is -0.0210. The molecule has 1 atom stereocenters. The van der Waals surface area contributed by atoms with E-state index in [1.54, 1.807) is 6.33 Å². The Hall–Kier alpha value is -1.43. The van der Waals surface area contributed by atoms with Crippen molar-refractivity contribution in [2.75, 3.05) is 6.54 Å². The molecule has 2 rings (SSSR count). The van der Waals surface area contributed by atoms with Crippen LogP contribution in [0.15, 0.2) is 6.33 Å². The summed E-state index contributed by atoms with van der Waals surface area (Å²) < 4.78 is 1.98. The molecule has 2 N–H and O–H groups in total. The second-order valence-corrected chi connectivity index (χ2v) is 4.51. The zero-order valence-electron chi connectivity index (χ0n) is 10.2. The van der Waals surface area contributed by atoms with Gasteiger partial charge in [0.2, 0.25) is 5.91 Å². The molecule has 1 unspecified atom stereocenters. The quantitative estimate of drug-likeness (QED) is 0.808. The van der Waals surface area contributed by atoms with E-state index in [9.17, 15) is 4.79 Å². The zero-order valence-corrected chi connectivity index (χ0v) is 10.2. The smallest absolute Gasteiger partial charge is 0.224 e.